The minimum absolute atomic E-state index is 0.000777. The number of rotatable bonds is 12. The third-order valence-electron chi connectivity index (χ3n) is 8.70. The molecule has 0 atom stereocenters. The van der Waals surface area contributed by atoms with E-state index in [1.165, 1.54) is 48.5 Å². The van der Waals surface area contributed by atoms with Gasteiger partial charge >= 0.3 is 46.4 Å². The van der Waals surface area contributed by atoms with Gasteiger partial charge < -0.3 is 14.6 Å². The predicted molar refractivity (Wildman–Crippen MR) is 211 cm³/mol. The van der Waals surface area contributed by atoms with E-state index in [1.807, 2.05) is 0 Å². The molecule has 0 bridgehead atoms. The van der Waals surface area contributed by atoms with Gasteiger partial charge in [0.15, 0.2) is 17.9 Å². The molecule has 16 nitrogen and oxygen atoms in total. The molecule has 0 amide bonds. The molecule has 0 aliphatic heterocycles. The number of aromatic amines is 2. The van der Waals surface area contributed by atoms with Gasteiger partial charge in [-0.1, -0.05) is 34.6 Å². The second kappa shape index (κ2) is 21.4. The van der Waals surface area contributed by atoms with Crippen molar-refractivity contribution in [1.82, 2.24) is 30.2 Å². The van der Waals surface area contributed by atoms with Crippen molar-refractivity contribution in [2.75, 3.05) is 0 Å². The number of nitrogens with one attached hydrogen (secondary N) is 2. The van der Waals surface area contributed by atoms with Gasteiger partial charge in [-0.25, -0.2) is 28.3 Å². The number of aliphatic hydroxyl groups is 1. The van der Waals surface area contributed by atoms with Gasteiger partial charge in [-0.15, -0.1) is 22.7 Å². The van der Waals surface area contributed by atoms with Gasteiger partial charge in [-0.05, 0) is 48.5 Å². The normalized spacial score (nSPS) is 11.2. The molecule has 0 aliphatic rings. The SMILES string of the molecule is O=Cc1nc(-c2ccc(C(F)(F)F)cc2)sc1COc1ccc(-c2noc(=O)[nH]2)c(F)c1.O=c1[nH]c(-c2ccc(OCc3sc(-c4ccc(C(F)(F)F)cc4)nc3CO)cc2F)no1.[O]=[Mn]=[O]. The monoisotopic (exact) mass is 1020 g/mol. The van der Waals surface area contributed by atoms with Crippen molar-refractivity contribution in [3.8, 4) is 55.4 Å². The van der Waals surface area contributed by atoms with Gasteiger partial charge in [0.05, 0.1) is 44.3 Å². The number of ether oxygens (including phenoxy) is 2. The quantitative estimate of drug-likeness (QED) is 0.0590. The van der Waals surface area contributed by atoms with Crippen molar-refractivity contribution in [1.29, 1.82) is 0 Å². The number of nitrogens with zero attached hydrogens (tertiary/aromatic N) is 4. The Labute approximate surface area is 381 Å². The number of carbonyl (C=O) groups excluding carboxylic acids is 1. The average Bonchev–Trinajstić information content (AvgIpc) is 4.12. The first kappa shape index (κ1) is 49.2. The number of aromatic nitrogens is 6. The Kier molecular flexibility index (Phi) is 15.7. The Morgan fingerprint density at radius 1 is 0.657 bits per heavy atom. The molecule has 8 aromatic rings. The second-order valence-corrected chi connectivity index (χ2v) is 15.3. The number of aldehydes is 1. The molecule has 0 unspecified atom stereocenters. The Bertz CT molecular complexity index is 3140. The van der Waals surface area contributed by atoms with Crippen LogP contribution < -0.4 is 21.0 Å². The van der Waals surface area contributed by atoms with Crippen molar-refractivity contribution in [3.05, 3.63) is 150 Å². The van der Waals surface area contributed by atoms with E-state index < -0.39 is 68.1 Å². The fourth-order valence-corrected chi connectivity index (χ4v) is 7.51. The molecule has 0 fully saturated rings. The van der Waals surface area contributed by atoms with E-state index in [0.717, 1.165) is 59.1 Å². The van der Waals surface area contributed by atoms with Crippen molar-refractivity contribution in [2.24, 2.45) is 0 Å². The fraction of sp³-hybridized carbons (Fsp3) is 0.125. The van der Waals surface area contributed by atoms with Crippen LogP contribution in [-0.2, 0) is 54.7 Å². The number of thiazole rings is 2. The van der Waals surface area contributed by atoms with Gasteiger partial charge in [-0.2, -0.15) is 26.3 Å². The first-order chi connectivity index (χ1) is 31.9. The molecule has 0 saturated heterocycles. The Hall–Kier alpha value is -7.19. The third kappa shape index (κ3) is 12.6. The van der Waals surface area contributed by atoms with Crippen LogP contribution >= 0.6 is 22.7 Å². The molecule has 3 N–H and O–H groups in total. The van der Waals surface area contributed by atoms with Crippen LogP contribution in [0.4, 0.5) is 35.1 Å². The van der Waals surface area contributed by atoms with Crippen LogP contribution in [0.5, 0.6) is 11.5 Å². The summed E-state index contributed by atoms with van der Waals surface area (Å²) in [7, 11) is 0. The van der Waals surface area contributed by atoms with Crippen LogP contribution in [0.2, 0.25) is 0 Å². The maximum absolute atomic E-state index is 14.3. The summed E-state index contributed by atoms with van der Waals surface area (Å²) < 4.78 is 142. The van der Waals surface area contributed by atoms with E-state index in [4.69, 9.17) is 17.1 Å². The van der Waals surface area contributed by atoms with Crippen LogP contribution in [0.25, 0.3) is 43.9 Å². The molecule has 8 rings (SSSR count). The van der Waals surface area contributed by atoms with Crippen LogP contribution in [0.1, 0.15) is 37.1 Å². The van der Waals surface area contributed by atoms with Gasteiger partial charge in [0.1, 0.15) is 52.1 Å². The molecule has 4 aromatic carbocycles. The predicted octanol–water partition coefficient (Wildman–Crippen LogP) is 8.85. The Morgan fingerprint density at radius 3 is 1.45 bits per heavy atom. The van der Waals surface area contributed by atoms with E-state index in [-0.39, 0.29) is 53.2 Å². The Morgan fingerprint density at radius 2 is 1.07 bits per heavy atom. The zero-order valence-corrected chi connectivity index (χ0v) is 35.7. The zero-order chi connectivity index (χ0) is 48.5. The fourth-order valence-electron chi connectivity index (χ4n) is 5.57. The molecule has 0 radical (unpaired) electrons. The molecule has 67 heavy (non-hydrogen) atoms. The molecule has 0 saturated carbocycles. The van der Waals surface area contributed by atoms with Gasteiger partial charge in [0.2, 0.25) is 0 Å². The molecular formula is C40H24F8MnN6O10S2. The van der Waals surface area contributed by atoms with E-state index in [0.29, 0.717) is 42.9 Å². The summed E-state index contributed by atoms with van der Waals surface area (Å²) in [5, 5.41) is 17.2. The molecule has 0 spiro atoms. The summed E-state index contributed by atoms with van der Waals surface area (Å²) in [5.41, 5.74) is -0.304. The molecule has 349 valence electrons. The number of carbonyl (C=O) groups is 1. The van der Waals surface area contributed by atoms with Crippen molar-refractivity contribution < 1.29 is 86.0 Å². The molecule has 27 heteroatoms. The van der Waals surface area contributed by atoms with Crippen LogP contribution in [0.15, 0.2) is 104 Å². The number of hydrogen-bond acceptors (Lipinski definition) is 16. The number of halogens is 8. The summed E-state index contributed by atoms with van der Waals surface area (Å²) in [6, 6.07) is 16.7. The zero-order valence-electron chi connectivity index (χ0n) is 32.9. The summed E-state index contributed by atoms with van der Waals surface area (Å²) in [5.74, 6) is -2.90. The first-order valence-corrected chi connectivity index (χ1v) is 20.8. The maximum atomic E-state index is 14.3. The van der Waals surface area contributed by atoms with Crippen LogP contribution in [0, 0.1) is 11.6 Å². The second-order valence-electron chi connectivity index (χ2n) is 13.0. The van der Waals surface area contributed by atoms with Crippen LogP contribution in [0.3, 0.4) is 0 Å². The van der Waals surface area contributed by atoms with Gasteiger partial charge in [0.25, 0.3) is 0 Å². The van der Waals surface area contributed by atoms with Crippen molar-refractivity contribution in [2.45, 2.75) is 32.2 Å². The molecule has 0 aliphatic carbocycles. The molecule has 4 aromatic heterocycles. The van der Waals surface area contributed by atoms with Crippen LogP contribution in [-0.4, -0.2) is 41.6 Å². The van der Waals surface area contributed by atoms with Gasteiger partial charge in [0, 0.05) is 23.3 Å². The summed E-state index contributed by atoms with van der Waals surface area (Å²) in [4.78, 5) is 47.2. The molecule has 4 heterocycles. The van der Waals surface area contributed by atoms with Gasteiger partial charge in [-0.3, -0.25) is 23.8 Å². The Balaban J connectivity index is 0.000000209. The summed E-state index contributed by atoms with van der Waals surface area (Å²) in [6.45, 7) is -0.567. The topological polar surface area (TPSA) is 233 Å². The number of hydrogen-bond donors (Lipinski definition) is 3. The number of H-pyrrole nitrogens is 2. The summed E-state index contributed by atoms with van der Waals surface area (Å²) >= 11 is 0.778. The molecular weight excluding hydrogens is 996 g/mol. The first-order valence-electron chi connectivity index (χ1n) is 18.2. The van der Waals surface area contributed by atoms with E-state index >= 15 is 0 Å². The van der Waals surface area contributed by atoms with Crippen molar-refractivity contribution in [3.63, 3.8) is 0 Å². The third-order valence-corrected chi connectivity index (χ3v) is 10.9. The van der Waals surface area contributed by atoms with E-state index in [9.17, 15) is 54.6 Å². The number of benzene rings is 4. The average molecular weight is 1020 g/mol. The van der Waals surface area contributed by atoms with Crippen molar-refractivity contribution >= 4 is 29.0 Å². The van der Waals surface area contributed by atoms with E-state index in [1.54, 1.807) is 0 Å². The van der Waals surface area contributed by atoms with E-state index in [2.05, 4.69) is 39.3 Å². The number of alkyl halides is 6. The standard InChI is InChI=1S/C20H13F4N3O4S.C20H11F4N3O4S.Mn.2O/c2*21-14-7-12(5-6-13(14)17-26-19(29)31-27-17)30-9-16-15(8-28)25-18(32-16)10-1-3-11(4-2-10)20(22,23)24;;;/h1-7,28H,8-9H2,(H,26,27,29);1-8H,9H2,(H,26,27,29);;;. The summed E-state index contributed by atoms with van der Waals surface area (Å²) in [6.07, 6.45) is -8.39. The number of aliphatic hydroxyl groups excluding tert-OH is 1. The minimum atomic E-state index is -4.46.